The summed E-state index contributed by atoms with van der Waals surface area (Å²) in [6.45, 7) is 9.79. The first-order chi connectivity index (χ1) is 14.4. The monoisotopic (exact) mass is 447 g/mol. The maximum absolute atomic E-state index is 13.6. The lowest BCUT2D eigenvalue weighted by Crippen LogP contribution is -2.35. The molecule has 1 unspecified atom stereocenters. The van der Waals surface area contributed by atoms with Crippen LogP contribution < -0.4 is 4.31 Å². The first-order valence-electron chi connectivity index (χ1n) is 10.5. The second-order valence-corrected chi connectivity index (χ2v) is 10.5. The Morgan fingerprint density at radius 2 is 1.71 bits per heavy atom. The highest BCUT2D eigenvalue weighted by Crippen LogP contribution is 2.30. The maximum atomic E-state index is 13.6. The highest BCUT2D eigenvalue weighted by atomic mass is 32.2. The molecule has 0 saturated heterocycles. The lowest BCUT2D eigenvalue weighted by Gasteiger charge is -2.28. The Morgan fingerprint density at radius 3 is 2.23 bits per heavy atom. The third kappa shape index (κ3) is 6.31. The summed E-state index contributed by atoms with van der Waals surface area (Å²) in [5.41, 5.74) is 4.24. The van der Waals surface area contributed by atoms with Crippen LogP contribution in [0.25, 0.3) is 0 Å². The molecule has 2 rings (SSSR count). The molecule has 7 heteroatoms. The number of aryl methyl sites for hydroxylation is 3. The van der Waals surface area contributed by atoms with Gasteiger partial charge < -0.3 is 10.2 Å². The zero-order valence-electron chi connectivity index (χ0n) is 18.9. The first kappa shape index (κ1) is 24.9. The van der Waals surface area contributed by atoms with E-state index in [1.807, 2.05) is 52.8 Å². The van der Waals surface area contributed by atoms with Crippen molar-refractivity contribution in [1.82, 2.24) is 0 Å². The normalized spacial score (nSPS) is 12.7. The lowest BCUT2D eigenvalue weighted by atomic mass is 9.94. The van der Waals surface area contributed by atoms with Gasteiger partial charge in [0.1, 0.15) is 0 Å². The fourth-order valence-corrected chi connectivity index (χ4v) is 5.47. The topological polar surface area (TPSA) is 94.9 Å². The van der Waals surface area contributed by atoms with Gasteiger partial charge in [-0.1, -0.05) is 37.6 Å². The minimum atomic E-state index is -3.79. The minimum Gasteiger partial charge on any atom is -0.481 e. The zero-order chi connectivity index (χ0) is 23.3. The van der Waals surface area contributed by atoms with Crippen molar-refractivity contribution in [2.75, 3.05) is 17.5 Å². The quantitative estimate of drug-likeness (QED) is 0.572. The number of carboxylic acid groups (broad SMARTS) is 1. The summed E-state index contributed by atoms with van der Waals surface area (Å²) >= 11 is 0. The van der Waals surface area contributed by atoms with E-state index in [0.29, 0.717) is 18.7 Å². The van der Waals surface area contributed by atoms with Gasteiger partial charge in [-0.05, 0) is 73.9 Å². The molecular weight excluding hydrogens is 414 g/mol. The second-order valence-electron chi connectivity index (χ2n) is 8.66. The van der Waals surface area contributed by atoms with E-state index in [2.05, 4.69) is 0 Å². The van der Waals surface area contributed by atoms with Crippen LogP contribution in [0.2, 0.25) is 0 Å². The molecule has 0 radical (unpaired) electrons. The summed E-state index contributed by atoms with van der Waals surface area (Å²) in [5, 5.41) is 18.5. The Hall–Kier alpha value is -2.38. The maximum Gasteiger partial charge on any atom is 0.303 e. The van der Waals surface area contributed by atoms with Crippen LogP contribution in [0.15, 0.2) is 41.3 Å². The molecule has 170 valence electrons. The number of nitrogens with zero attached hydrogens (tertiary/aromatic N) is 1. The standard InChI is InChI=1S/C24H33NO5S/c1-16(2)14-25(23-9-6-17(3)10-19(23)5)31(29,30)22-8-7-21(18(4)11-22)12-20(15-26)13-24(27)28/h6-11,16,20,26H,12-15H2,1-5H3,(H,27,28). The summed E-state index contributed by atoms with van der Waals surface area (Å²) in [7, 11) is -3.79. The molecule has 0 heterocycles. The summed E-state index contributed by atoms with van der Waals surface area (Å²) in [6.07, 6.45) is 0.243. The van der Waals surface area contributed by atoms with Crippen LogP contribution in [0.4, 0.5) is 5.69 Å². The highest BCUT2D eigenvalue weighted by Gasteiger charge is 2.27. The minimum absolute atomic E-state index is 0.134. The van der Waals surface area contributed by atoms with Crippen LogP contribution in [0.3, 0.4) is 0 Å². The van der Waals surface area contributed by atoms with E-state index < -0.39 is 21.9 Å². The molecule has 0 aliphatic rings. The fourth-order valence-electron chi connectivity index (χ4n) is 3.69. The smallest absolute Gasteiger partial charge is 0.303 e. The molecule has 2 N–H and O–H groups in total. The Morgan fingerprint density at radius 1 is 1.03 bits per heavy atom. The molecule has 6 nitrogen and oxygen atoms in total. The molecular formula is C24H33NO5S. The Bertz CT molecular complexity index is 1030. The van der Waals surface area contributed by atoms with Crippen molar-refractivity contribution in [2.24, 2.45) is 11.8 Å². The first-order valence-corrected chi connectivity index (χ1v) is 11.9. The van der Waals surface area contributed by atoms with Crippen LogP contribution in [-0.4, -0.2) is 37.8 Å². The summed E-state index contributed by atoms with van der Waals surface area (Å²) in [6, 6.07) is 10.7. The number of rotatable bonds is 10. The molecule has 1 atom stereocenters. The number of benzene rings is 2. The van der Waals surface area contributed by atoms with Gasteiger partial charge in [-0.25, -0.2) is 8.42 Å². The number of aliphatic hydroxyl groups excluding tert-OH is 1. The van der Waals surface area contributed by atoms with E-state index in [9.17, 15) is 18.3 Å². The number of hydrogen-bond donors (Lipinski definition) is 2. The number of carbonyl (C=O) groups is 1. The Kier molecular flexibility index (Phi) is 8.26. The van der Waals surface area contributed by atoms with E-state index in [1.165, 1.54) is 4.31 Å². The second kappa shape index (κ2) is 10.3. The van der Waals surface area contributed by atoms with Crippen LogP contribution in [0.5, 0.6) is 0 Å². The number of aliphatic hydroxyl groups is 1. The molecule has 0 fully saturated rings. The van der Waals surface area contributed by atoms with Gasteiger partial charge in [-0.3, -0.25) is 9.10 Å². The van der Waals surface area contributed by atoms with Gasteiger partial charge in [0.15, 0.2) is 0 Å². The lowest BCUT2D eigenvalue weighted by molar-refractivity contribution is -0.138. The van der Waals surface area contributed by atoms with Gasteiger partial charge in [0.05, 0.1) is 17.0 Å². The number of sulfonamides is 1. The van der Waals surface area contributed by atoms with Crippen molar-refractivity contribution in [3.63, 3.8) is 0 Å². The molecule has 0 bridgehead atoms. The van der Waals surface area contributed by atoms with E-state index in [4.69, 9.17) is 5.11 Å². The van der Waals surface area contributed by atoms with Gasteiger partial charge in [-0.2, -0.15) is 0 Å². The van der Waals surface area contributed by atoms with Gasteiger partial charge in [0.25, 0.3) is 10.0 Å². The van der Waals surface area contributed by atoms with Gasteiger partial charge in [0, 0.05) is 13.2 Å². The third-order valence-corrected chi connectivity index (χ3v) is 7.06. The van der Waals surface area contributed by atoms with Crippen molar-refractivity contribution in [2.45, 2.75) is 52.4 Å². The Labute approximate surface area is 185 Å². The molecule has 2 aromatic carbocycles. The molecule has 0 aromatic heterocycles. The van der Waals surface area contributed by atoms with Crippen LogP contribution in [0.1, 0.15) is 42.5 Å². The van der Waals surface area contributed by atoms with E-state index in [0.717, 1.165) is 22.3 Å². The third-order valence-electron chi connectivity index (χ3n) is 5.28. The number of anilines is 1. The molecule has 0 saturated carbocycles. The predicted molar refractivity (Wildman–Crippen MR) is 123 cm³/mol. The number of carboxylic acids is 1. The summed E-state index contributed by atoms with van der Waals surface area (Å²) in [5.74, 6) is -1.24. The van der Waals surface area contributed by atoms with Gasteiger partial charge in [-0.15, -0.1) is 0 Å². The zero-order valence-corrected chi connectivity index (χ0v) is 19.7. The van der Waals surface area contributed by atoms with Gasteiger partial charge in [0.2, 0.25) is 0 Å². The van der Waals surface area contributed by atoms with E-state index >= 15 is 0 Å². The van der Waals surface area contributed by atoms with Crippen molar-refractivity contribution < 1.29 is 23.4 Å². The average molecular weight is 448 g/mol. The summed E-state index contributed by atoms with van der Waals surface area (Å²) in [4.78, 5) is 11.2. The van der Waals surface area contributed by atoms with Crippen molar-refractivity contribution in [3.8, 4) is 0 Å². The molecule has 0 aliphatic heterocycles. The van der Waals surface area contributed by atoms with Crippen molar-refractivity contribution in [1.29, 1.82) is 0 Å². The molecule has 0 amide bonds. The van der Waals surface area contributed by atoms with Crippen molar-refractivity contribution >= 4 is 21.7 Å². The van der Waals surface area contributed by atoms with Crippen LogP contribution in [-0.2, 0) is 21.2 Å². The Balaban J connectivity index is 2.43. The molecule has 0 aliphatic carbocycles. The summed E-state index contributed by atoms with van der Waals surface area (Å²) < 4.78 is 28.7. The van der Waals surface area contributed by atoms with Crippen LogP contribution >= 0.6 is 0 Å². The number of hydrogen-bond acceptors (Lipinski definition) is 4. The van der Waals surface area contributed by atoms with Gasteiger partial charge >= 0.3 is 5.97 Å². The predicted octanol–water partition coefficient (Wildman–Crippen LogP) is 4.09. The number of aliphatic carboxylic acids is 1. The van der Waals surface area contributed by atoms with E-state index in [1.54, 1.807) is 18.2 Å². The fraction of sp³-hybridized carbons (Fsp3) is 0.458. The van der Waals surface area contributed by atoms with Crippen LogP contribution in [0, 0.1) is 32.6 Å². The average Bonchev–Trinajstić information content (AvgIpc) is 2.66. The largest absolute Gasteiger partial charge is 0.481 e. The van der Waals surface area contributed by atoms with E-state index in [-0.39, 0.29) is 23.8 Å². The molecule has 0 spiro atoms. The SMILES string of the molecule is Cc1ccc(N(CC(C)C)S(=O)(=O)c2ccc(CC(CO)CC(=O)O)c(C)c2)c(C)c1. The highest BCUT2D eigenvalue weighted by molar-refractivity contribution is 7.92. The molecule has 2 aromatic rings. The molecule has 31 heavy (non-hydrogen) atoms. The van der Waals surface area contributed by atoms with Crippen molar-refractivity contribution in [3.05, 3.63) is 58.7 Å².